The average Bonchev–Trinajstić information content (AvgIpc) is 2.83. The maximum atomic E-state index is 2.68. The van der Waals surface area contributed by atoms with E-state index in [9.17, 15) is 0 Å². The molecule has 1 aromatic carbocycles. The zero-order chi connectivity index (χ0) is 23.6. The van der Waals surface area contributed by atoms with E-state index in [-0.39, 0.29) is 0 Å². The van der Waals surface area contributed by atoms with Gasteiger partial charge in [-0.2, -0.15) is 0 Å². The molecule has 33 heavy (non-hydrogen) atoms. The molecule has 6 heterocycles. The van der Waals surface area contributed by atoms with Crippen LogP contribution >= 0.6 is 0 Å². The third kappa shape index (κ3) is 3.80. The van der Waals surface area contributed by atoms with Gasteiger partial charge < -0.3 is 17.9 Å². The van der Waals surface area contributed by atoms with Gasteiger partial charge in [-0.25, -0.2) is 0 Å². The zero-order valence-electron chi connectivity index (χ0n) is 22.9. The largest absolute Gasteiger partial charge is 0.308 e. The Bertz CT molecular complexity index is 795. The Balaban J connectivity index is 1.37. The van der Waals surface area contributed by atoms with Crippen molar-refractivity contribution in [3.63, 3.8) is 0 Å². The molecule has 6 aliphatic rings. The third-order valence-electron chi connectivity index (χ3n) is 11.8. The summed E-state index contributed by atoms with van der Waals surface area (Å²) in [7, 11) is 0. The Morgan fingerprint density at radius 1 is 0.515 bits per heavy atom. The van der Waals surface area contributed by atoms with E-state index in [1.807, 2.05) is 0 Å². The van der Waals surface area contributed by atoms with Crippen molar-refractivity contribution in [2.24, 2.45) is 0 Å². The Hall–Kier alpha value is -0.940. The molecule has 4 bridgehead atoms. The van der Waals surface area contributed by atoms with Crippen molar-refractivity contribution in [1.82, 2.24) is 0 Å². The number of rotatable bonds is 6. The lowest BCUT2D eigenvalue weighted by Crippen LogP contribution is -2.76. The van der Waals surface area contributed by atoms with Crippen molar-refractivity contribution in [1.29, 1.82) is 0 Å². The SMILES string of the molecule is Cc1c(C[N+]23CC[N+](C(C)C)(CC2)CC3)cc(C[N+]23CC[N+](C(C)C)(CC2)CC3)c(C)c1C. The minimum absolute atomic E-state index is 0.790. The first-order valence-corrected chi connectivity index (χ1v) is 14.0. The molecule has 0 amide bonds. The van der Waals surface area contributed by atoms with Crippen molar-refractivity contribution < 1.29 is 17.9 Å². The first-order valence-electron chi connectivity index (χ1n) is 14.0. The van der Waals surface area contributed by atoms with Crippen LogP contribution in [0.4, 0.5) is 0 Å². The lowest BCUT2D eigenvalue weighted by atomic mass is 9.91. The van der Waals surface area contributed by atoms with Gasteiger partial charge in [0.15, 0.2) is 0 Å². The van der Waals surface area contributed by atoms with Crippen molar-refractivity contribution in [3.8, 4) is 0 Å². The van der Waals surface area contributed by atoms with Crippen LogP contribution in [0.2, 0.25) is 0 Å². The lowest BCUT2D eigenvalue weighted by Gasteiger charge is -2.57. The van der Waals surface area contributed by atoms with Crippen LogP contribution in [0.15, 0.2) is 6.07 Å². The van der Waals surface area contributed by atoms with Crippen molar-refractivity contribution in [2.75, 3.05) is 78.5 Å². The van der Waals surface area contributed by atoms with E-state index in [2.05, 4.69) is 54.5 Å². The summed E-state index contributed by atoms with van der Waals surface area (Å²) in [5.74, 6) is 0. The first kappa shape index (κ1) is 23.8. The van der Waals surface area contributed by atoms with Crippen LogP contribution in [0.3, 0.4) is 0 Å². The van der Waals surface area contributed by atoms with Crippen LogP contribution in [-0.4, -0.2) is 109 Å². The van der Waals surface area contributed by atoms with Gasteiger partial charge >= 0.3 is 0 Å². The quantitative estimate of drug-likeness (QED) is 0.572. The summed E-state index contributed by atoms with van der Waals surface area (Å²) in [6.07, 6.45) is 0. The molecule has 6 saturated heterocycles. The molecule has 0 aliphatic carbocycles. The summed E-state index contributed by atoms with van der Waals surface area (Å²) in [6.45, 7) is 36.2. The number of benzene rings is 1. The molecular formula is C29H52N4+4. The summed E-state index contributed by atoms with van der Waals surface area (Å²) in [5.41, 5.74) is 8.06. The average molecular weight is 457 g/mol. The van der Waals surface area contributed by atoms with Gasteiger partial charge in [0.2, 0.25) is 0 Å². The molecular weight excluding hydrogens is 404 g/mol. The zero-order valence-corrected chi connectivity index (χ0v) is 22.9. The molecule has 6 aliphatic heterocycles. The Morgan fingerprint density at radius 3 is 1.09 bits per heavy atom. The second-order valence-electron chi connectivity index (χ2n) is 13.4. The van der Waals surface area contributed by atoms with Gasteiger partial charge in [0.1, 0.15) is 91.6 Å². The maximum absolute atomic E-state index is 2.68. The van der Waals surface area contributed by atoms with Crippen molar-refractivity contribution >= 4 is 0 Å². The summed E-state index contributed by atoms with van der Waals surface area (Å²) >= 11 is 0. The van der Waals surface area contributed by atoms with Crippen molar-refractivity contribution in [3.05, 3.63) is 33.9 Å². The van der Waals surface area contributed by atoms with Gasteiger partial charge in [-0.05, 0) is 71.2 Å². The van der Waals surface area contributed by atoms with E-state index < -0.39 is 0 Å². The molecule has 0 spiro atoms. The van der Waals surface area contributed by atoms with Crippen LogP contribution in [0, 0.1) is 20.8 Å². The Labute approximate surface area is 204 Å². The number of nitrogens with zero attached hydrogens (tertiary/aromatic N) is 4. The highest BCUT2D eigenvalue weighted by atomic mass is 15.5. The molecule has 4 nitrogen and oxygen atoms in total. The fourth-order valence-electron chi connectivity index (χ4n) is 8.07. The monoisotopic (exact) mass is 456 g/mol. The van der Waals surface area contributed by atoms with E-state index in [0.29, 0.717) is 0 Å². The highest BCUT2D eigenvalue weighted by molar-refractivity contribution is 5.44. The van der Waals surface area contributed by atoms with Gasteiger partial charge in [0.05, 0.1) is 12.1 Å². The predicted octanol–water partition coefficient (Wildman–Crippen LogP) is 3.75. The minimum atomic E-state index is 0.790. The second-order valence-corrected chi connectivity index (χ2v) is 13.4. The molecule has 0 radical (unpaired) electrons. The molecule has 0 aromatic heterocycles. The normalized spacial score (nSPS) is 38.0. The third-order valence-corrected chi connectivity index (χ3v) is 11.8. The van der Waals surface area contributed by atoms with Gasteiger partial charge in [0, 0.05) is 11.1 Å². The Morgan fingerprint density at radius 2 is 0.818 bits per heavy atom. The smallest absolute Gasteiger partial charge is 0.129 e. The standard InChI is InChI=1S/C29H52N4/c1-23(2)32-14-8-30(9-15-32,10-16-32)21-28-20-29(27(7)25(5)26(28)6)22-31-11-17-33(18-12-31,19-13-31)24(3)4/h20,23-24H,8-19,21-22H2,1-7H3/q+4. The fourth-order valence-corrected chi connectivity index (χ4v) is 8.07. The van der Waals surface area contributed by atoms with Crippen LogP contribution in [0.1, 0.15) is 55.5 Å². The summed E-state index contributed by atoms with van der Waals surface area (Å²) < 4.78 is 5.47. The molecule has 0 N–H and O–H groups in total. The molecule has 7 rings (SSSR count). The molecule has 0 atom stereocenters. The highest BCUT2D eigenvalue weighted by Crippen LogP contribution is 2.35. The minimum Gasteiger partial charge on any atom is -0.308 e. The van der Waals surface area contributed by atoms with Gasteiger partial charge in [-0.15, -0.1) is 0 Å². The molecule has 4 heteroatoms. The van der Waals surface area contributed by atoms with Crippen LogP contribution in [0.5, 0.6) is 0 Å². The molecule has 184 valence electrons. The van der Waals surface area contributed by atoms with Crippen molar-refractivity contribution in [2.45, 2.75) is 73.6 Å². The van der Waals surface area contributed by atoms with E-state index in [4.69, 9.17) is 0 Å². The van der Waals surface area contributed by atoms with Gasteiger partial charge in [-0.1, -0.05) is 0 Å². The van der Waals surface area contributed by atoms with Gasteiger partial charge in [-0.3, -0.25) is 0 Å². The number of hydrogen-bond acceptors (Lipinski definition) is 0. The number of hydrogen-bond donors (Lipinski definition) is 0. The van der Waals surface area contributed by atoms with Gasteiger partial charge in [0.25, 0.3) is 0 Å². The number of quaternary nitrogens is 4. The molecule has 1 aromatic rings. The summed E-state index contributed by atoms with van der Waals surface area (Å²) in [5, 5.41) is 0. The van der Waals surface area contributed by atoms with Crippen LogP contribution < -0.4 is 0 Å². The summed E-state index contributed by atoms with van der Waals surface area (Å²) in [6, 6.07) is 4.26. The maximum Gasteiger partial charge on any atom is 0.129 e. The first-order chi connectivity index (χ1) is 15.5. The number of fused-ring (bicyclic) bond motifs is 6. The summed E-state index contributed by atoms with van der Waals surface area (Å²) in [4.78, 5) is 0. The van der Waals surface area contributed by atoms with E-state index in [1.54, 1.807) is 27.8 Å². The highest BCUT2D eigenvalue weighted by Gasteiger charge is 2.52. The molecule has 0 unspecified atom stereocenters. The lowest BCUT2D eigenvalue weighted by molar-refractivity contribution is -1.09. The topological polar surface area (TPSA) is 0 Å². The molecule has 6 fully saturated rings. The second kappa shape index (κ2) is 8.05. The Kier molecular flexibility index (Phi) is 5.80. The van der Waals surface area contributed by atoms with Crippen LogP contribution in [0.25, 0.3) is 0 Å². The molecule has 0 saturated carbocycles. The van der Waals surface area contributed by atoms with Crippen LogP contribution in [-0.2, 0) is 13.1 Å². The predicted molar refractivity (Wildman–Crippen MR) is 138 cm³/mol. The van der Waals surface area contributed by atoms with E-state index in [1.165, 1.54) is 110 Å². The fraction of sp³-hybridized carbons (Fsp3) is 0.793. The number of piperazine rings is 6. The van der Waals surface area contributed by atoms with E-state index in [0.717, 1.165) is 12.1 Å². The van der Waals surface area contributed by atoms with E-state index >= 15 is 0 Å².